The number of hydrogen-bond donors (Lipinski definition) is 1. The standard InChI is InChI=1S/C21H18N6O2S2/c28-21(27-12-7-17(27)29-8-12)10-1-3-13-15(5-10)30-20-18(13)19(22-9-23-20)24-11-2-4-14-16(6-11)31-26-25-14/h2,4,6,9-10,12,17H,1,3,5,7-8H2,(H,22,23,24)/t10-,12?,17?/m0/s1. The molecule has 31 heavy (non-hydrogen) atoms. The van der Waals surface area contributed by atoms with Gasteiger partial charge in [-0.25, -0.2) is 9.97 Å². The largest absolute Gasteiger partial charge is 0.356 e. The minimum absolute atomic E-state index is 0.0223. The summed E-state index contributed by atoms with van der Waals surface area (Å²) in [6.07, 6.45) is 5.14. The third kappa shape index (κ3) is 2.71. The number of anilines is 2. The van der Waals surface area contributed by atoms with Gasteiger partial charge in [-0.05, 0) is 54.6 Å². The summed E-state index contributed by atoms with van der Waals surface area (Å²) in [5.41, 5.74) is 3.14. The van der Waals surface area contributed by atoms with Crippen LogP contribution in [0.1, 0.15) is 23.3 Å². The molecule has 156 valence electrons. The summed E-state index contributed by atoms with van der Waals surface area (Å²) < 4.78 is 10.7. The molecule has 6 heterocycles. The summed E-state index contributed by atoms with van der Waals surface area (Å²) >= 11 is 3.07. The van der Waals surface area contributed by atoms with Gasteiger partial charge in [-0.15, -0.1) is 16.4 Å². The highest BCUT2D eigenvalue weighted by Crippen LogP contribution is 2.43. The van der Waals surface area contributed by atoms with Crippen LogP contribution in [0.4, 0.5) is 11.5 Å². The van der Waals surface area contributed by atoms with E-state index >= 15 is 0 Å². The van der Waals surface area contributed by atoms with Gasteiger partial charge in [0.2, 0.25) is 5.91 Å². The molecule has 2 bridgehead atoms. The Morgan fingerprint density at radius 3 is 3.13 bits per heavy atom. The van der Waals surface area contributed by atoms with Crippen molar-refractivity contribution in [2.24, 2.45) is 5.92 Å². The first-order chi connectivity index (χ1) is 15.2. The maximum Gasteiger partial charge on any atom is 0.228 e. The van der Waals surface area contributed by atoms with E-state index in [0.29, 0.717) is 12.6 Å². The Hall–Kier alpha value is -2.69. The van der Waals surface area contributed by atoms with E-state index in [2.05, 4.69) is 24.9 Å². The highest BCUT2D eigenvalue weighted by Gasteiger charge is 2.50. The molecule has 1 aromatic carbocycles. The number of benzene rings is 1. The van der Waals surface area contributed by atoms with Crippen molar-refractivity contribution in [2.75, 3.05) is 11.9 Å². The van der Waals surface area contributed by atoms with Crippen molar-refractivity contribution in [3.05, 3.63) is 35.0 Å². The van der Waals surface area contributed by atoms with Crippen LogP contribution in [0.5, 0.6) is 0 Å². The fourth-order valence-electron chi connectivity index (χ4n) is 5.02. The first-order valence-electron chi connectivity index (χ1n) is 10.4. The summed E-state index contributed by atoms with van der Waals surface area (Å²) in [5.74, 6) is 1.12. The first-order valence-corrected chi connectivity index (χ1v) is 12.0. The van der Waals surface area contributed by atoms with E-state index in [-0.39, 0.29) is 18.1 Å². The lowest BCUT2D eigenvalue weighted by molar-refractivity contribution is -0.151. The van der Waals surface area contributed by atoms with Crippen molar-refractivity contribution in [3.8, 4) is 0 Å². The molecular formula is C21H18N6O2S2. The Labute approximate surface area is 185 Å². The van der Waals surface area contributed by atoms with Gasteiger partial charge in [-0.3, -0.25) is 4.79 Å². The molecule has 0 saturated carbocycles. The van der Waals surface area contributed by atoms with Crippen molar-refractivity contribution >= 4 is 60.7 Å². The van der Waals surface area contributed by atoms with E-state index in [0.717, 1.165) is 57.6 Å². The number of fused-ring (bicyclic) bond motifs is 5. The highest BCUT2D eigenvalue weighted by atomic mass is 32.1. The first kappa shape index (κ1) is 17.9. The molecule has 8 nitrogen and oxygen atoms in total. The van der Waals surface area contributed by atoms with Crippen LogP contribution >= 0.6 is 22.9 Å². The Bertz CT molecular complexity index is 1340. The Kier molecular flexibility index (Phi) is 3.85. The van der Waals surface area contributed by atoms with Gasteiger partial charge in [0.1, 0.15) is 28.7 Å². The normalized spacial score (nSPS) is 24.4. The average molecular weight is 451 g/mol. The zero-order valence-electron chi connectivity index (χ0n) is 16.4. The molecule has 0 spiro atoms. The van der Waals surface area contributed by atoms with Crippen LogP contribution in [-0.4, -0.2) is 49.2 Å². The molecular weight excluding hydrogens is 432 g/mol. The molecule has 3 aliphatic heterocycles. The van der Waals surface area contributed by atoms with E-state index in [1.807, 2.05) is 23.1 Å². The molecule has 1 amide bonds. The molecule has 3 fully saturated rings. The number of nitrogens with one attached hydrogen (secondary N) is 1. The van der Waals surface area contributed by atoms with Gasteiger partial charge in [-0.1, -0.05) is 4.49 Å². The number of carbonyl (C=O) groups is 1. The van der Waals surface area contributed by atoms with E-state index < -0.39 is 0 Å². The van der Waals surface area contributed by atoms with Gasteiger partial charge in [0.25, 0.3) is 0 Å². The summed E-state index contributed by atoms with van der Waals surface area (Å²) in [7, 11) is 0. The van der Waals surface area contributed by atoms with E-state index in [1.54, 1.807) is 17.7 Å². The molecule has 3 atom stereocenters. The molecule has 4 aromatic rings. The topological polar surface area (TPSA) is 93.1 Å². The Morgan fingerprint density at radius 1 is 1.29 bits per heavy atom. The number of ether oxygens (including phenoxy) is 1. The van der Waals surface area contributed by atoms with Crippen molar-refractivity contribution in [1.82, 2.24) is 24.5 Å². The van der Waals surface area contributed by atoms with Crippen molar-refractivity contribution in [2.45, 2.75) is 38.0 Å². The number of amides is 1. The predicted molar refractivity (Wildman–Crippen MR) is 119 cm³/mol. The van der Waals surface area contributed by atoms with Crippen LogP contribution in [0.2, 0.25) is 0 Å². The smallest absolute Gasteiger partial charge is 0.228 e. The van der Waals surface area contributed by atoms with Gasteiger partial charge < -0.3 is 15.0 Å². The van der Waals surface area contributed by atoms with Crippen LogP contribution < -0.4 is 5.32 Å². The minimum atomic E-state index is 0.0223. The number of aryl methyl sites for hydroxylation is 1. The molecule has 3 aromatic heterocycles. The molecule has 1 N–H and O–H groups in total. The number of carbonyl (C=O) groups excluding carboxylic acids is 1. The van der Waals surface area contributed by atoms with Crippen molar-refractivity contribution in [3.63, 3.8) is 0 Å². The van der Waals surface area contributed by atoms with Gasteiger partial charge in [0, 0.05) is 22.9 Å². The quantitative estimate of drug-likeness (QED) is 0.511. The number of rotatable bonds is 3. The van der Waals surface area contributed by atoms with Gasteiger partial charge >= 0.3 is 0 Å². The highest BCUT2D eigenvalue weighted by molar-refractivity contribution is 7.19. The number of thiophene rings is 1. The number of aromatic nitrogens is 4. The second-order valence-corrected chi connectivity index (χ2v) is 10.2. The fraction of sp³-hybridized carbons (Fsp3) is 0.381. The zero-order valence-corrected chi connectivity index (χ0v) is 18.1. The molecule has 8 rings (SSSR count). The van der Waals surface area contributed by atoms with Crippen molar-refractivity contribution < 1.29 is 9.53 Å². The lowest BCUT2D eigenvalue weighted by Crippen LogP contribution is -2.55. The van der Waals surface area contributed by atoms with E-state index in [9.17, 15) is 4.79 Å². The van der Waals surface area contributed by atoms with Crippen LogP contribution in [-0.2, 0) is 22.4 Å². The summed E-state index contributed by atoms with van der Waals surface area (Å²) in [6.45, 7) is 0.700. The second-order valence-electron chi connectivity index (χ2n) is 8.35. The SMILES string of the molecule is O=C([C@H]1CCc2c(sc3ncnc(Nc4ccc5nnsc5c4)c23)C1)N1C2COC1C2. The zero-order chi connectivity index (χ0) is 20.5. The Balaban J connectivity index is 1.20. The van der Waals surface area contributed by atoms with Crippen molar-refractivity contribution in [1.29, 1.82) is 0 Å². The van der Waals surface area contributed by atoms with Crippen LogP contribution in [0.15, 0.2) is 24.5 Å². The second kappa shape index (κ2) is 6.65. The minimum Gasteiger partial charge on any atom is -0.356 e. The number of nitrogens with zero attached hydrogens (tertiary/aromatic N) is 5. The third-order valence-corrected chi connectivity index (χ3v) is 8.47. The maximum atomic E-state index is 13.1. The van der Waals surface area contributed by atoms with E-state index in [1.165, 1.54) is 22.0 Å². The van der Waals surface area contributed by atoms with Crippen LogP contribution in [0, 0.1) is 5.92 Å². The van der Waals surface area contributed by atoms with Crippen LogP contribution in [0.25, 0.3) is 20.4 Å². The lowest BCUT2D eigenvalue weighted by atomic mass is 9.85. The number of hydrogen-bond acceptors (Lipinski definition) is 9. The molecule has 1 aliphatic carbocycles. The van der Waals surface area contributed by atoms with Gasteiger partial charge in [0.15, 0.2) is 0 Å². The third-order valence-electron chi connectivity index (χ3n) is 6.62. The summed E-state index contributed by atoms with van der Waals surface area (Å²) in [4.78, 5) is 26.3. The van der Waals surface area contributed by atoms with E-state index in [4.69, 9.17) is 4.74 Å². The van der Waals surface area contributed by atoms with Gasteiger partial charge in [0.05, 0.1) is 22.7 Å². The Morgan fingerprint density at radius 2 is 2.26 bits per heavy atom. The molecule has 4 aliphatic rings. The monoisotopic (exact) mass is 450 g/mol. The van der Waals surface area contributed by atoms with Gasteiger partial charge in [-0.2, -0.15) is 0 Å². The molecule has 0 radical (unpaired) electrons. The predicted octanol–water partition coefficient (Wildman–Crippen LogP) is 3.50. The summed E-state index contributed by atoms with van der Waals surface area (Å²) in [6, 6.07) is 6.31. The lowest BCUT2D eigenvalue weighted by Gasteiger charge is -2.40. The molecule has 10 heteroatoms. The molecule has 3 saturated heterocycles. The fourth-order valence-corrected chi connectivity index (χ4v) is 6.88. The average Bonchev–Trinajstić information content (AvgIpc) is 3.55. The molecule has 2 unspecified atom stereocenters. The summed E-state index contributed by atoms with van der Waals surface area (Å²) in [5, 5.41) is 8.66. The maximum absolute atomic E-state index is 13.1. The van der Waals surface area contributed by atoms with Crippen LogP contribution in [0.3, 0.4) is 0 Å².